The Hall–Kier alpha value is -6.47. The number of benzene rings is 4. The van der Waals surface area contributed by atoms with Gasteiger partial charge in [-0.2, -0.15) is 0 Å². The van der Waals surface area contributed by atoms with E-state index in [1.54, 1.807) is 74.5 Å². The van der Waals surface area contributed by atoms with E-state index >= 15 is 0 Å². The zero-order valence-corrected chi connectivity index (χ0v) is 37.7. The molecule has 1 heterocycles. The fraction of sp³-hybridized carbons (Fsp3) is 0.380. The first-order valence-electron chi connectivity index (χ1n) is 21.0. The van der Waals surface area contributed by atoms with Gasteiger partial charge in [-0.25, -0.2) is 29.0 Å². The van der Waals surface area contributed by atoms with Crippen LogP contribution in [0.15, 0.2) is 138 Å². The molecule has 1 aliphatic heterocycles. The van der Waals surface area contributed by atoms with E-state index in [9.17, 15) is 19.2 Å². The molecule has 13 nitrogen and oxygen atoms in total. The zero-order valence-electron chi connectivity index (χ0n) is 37.7. The van der Waals surface area contributed by atoms with Gasteiger partial charge in [-0.15, -0.1) is 4.99 Å². The van der Waals surface area contributed by atoms with Crippen LogP contribution in [0, 0.1) is 0 Å². The second-order valence-corrected chi connectivity index (χ2v) is 18.0. The van der Waals surface area contributed by atoms with Crippen molar-refractivity contribution in [2.75, 3.05) is 13.2 Å². The Bertz CT molecular complexity index is 2100. The lowest BCUT2D eigenvalue weighted by molar-refractivity contribution is 0.0123. The normalized spacial score (nSPS) is 16.0. The van der Waals surface area contributed by atoms with Crippen molar-refractivity contribution in [3.05, 3.63) is 156 Å². The number of rotatable bonds is 11. The molecule has 334 valence electrons. The van der Waals surface area contributed by atoms with Crippen molar-refractivity contribution >= 4 is 30.3 Å². The molecule has 63 heavy (non-hydrogen) atoms. The number of carbonyl (C=O) groups excluding carboxylic acids is 4. The van der Waals surface area contributed by atoms with Crippen molar-refractivity contribution in [3.8, 4) is 0 Å². The first-order chi connectivity index (χ1) is 29.8. The summed E-state index contributed by atoms with van der Waals surface area (Å²) in [6.45, 7) is 15.1. The van der Waals surface area contributed by atoms with Crippen molar-refractivity contribution in [2.45, 2.75) is 110 Å². The molecule has 13 heteroatoms. The van der Waals surface area contributed by atoms with E-state index in [2.05, 4.69) is 10.3 Å². The molecule has 1 N–H and O–H groups in total. The van der Waals surface area contributed by atoms with Crippen LogP contribution in [0.4, 0.5) is 19.2 Å². The van der Waals surface area contributed by atoms with Gasteiger partial charge in [0, 0.05) is 6.54 Å². The number of ether oxygens (including phenoxy) is 5. The van der Waals surface area contributed by atoms with E-state index in [1.165, 1.54) is 0 Å². The molecule has 4 aromatic rings. The summed E-state index contributed by atoms with van der Waals surface area (Å²) in [6, 6.07) is 36.9. The number of aliphatic imine (C=N–C) groups is 1. The summed E-state index contributed by atoms with van der Waals surface area (Å²) >= 11 is 0. The number of carbonyl (C=O) groups is 4. The average Bonchev–Trinajstić information content (AvgIpc) is 3.22. The van der Waals surface area contributed by atoms with Crippen LogP contribution in [-0.4, -0.2) is 82.2 Å². The summed E-state index contributed by atoms with van der Waals surface area (Å²) < 4.78 is 29.9. The predicted molar refractivity (Wildman–Crippen MR) is 241 cm³/mol. The molecule has 1 aliphatic rings. The third kappa shape index (κ3) is 13.5. The van der Waals surface area contributed by atoms with Gasteiger partial charge in [0.25, 0.3) is 0 Å². The molecule has 1 fully saturated rings. The number of nitrogens with one attached hydrogen (secondary N) is 1. The highest BCUT2D eigenvalue weighted by Crippen LogP contribution is 2.40. The molecule has 0 radical (unpaired) electrons. The smallest absolute Gasteiger partial charge is 0.437 e. The second-order valence-electron chi connectivity index (χ2n) is 18.0. The van der Waals surface area contributed by atoms with E-state index in [0.717, 1.165) is 32.1 Å². The summed E-state index contributed by atoms with van der Waals surface area (Å²) in [4.78, 5) is 62.0. The fourth-order valence-corrected chi connectivity index (χ4v) is 6.93. The van der Waals surface area contributed by atoms with Gasteiger partial charge in [0.15, 0.2) is 0 Å². The van der Waals surface area contributed by atoms with Crippen LogP contribution in [0.3, 0.4) is 0 Å². The summed E-state index contributed by atoms with van der Waals surface area (Å²) in [7, 11) is 0. The van der Waals surface area contributed by atoms with Gasteiger partial charge in [0.05, 0.1) is 18.7 Å². The Morgan fingerprint density at radius 1 is 0.667 bits per heavy atom. The number of nitrogens with zero attached hydrogens (tertiary/aromatic N) is 3. The van der Waals surface area contributed by atoms with Crippen LogP contribution in [0.25, 0.3) is 0 Å². The first-order valence-corrected chi connectivity index (χ1v) is 21.0. The maximum Gasteiger partial charge on any atom is 0.437 e. The minimum atomic E-state index is -1.06. The van der Waals surface area contributed by atoms with Gasteiger partial charge in [0.2, 0.25) is 5.96 Å². The molecule has 0 aliphatic carbocycles. The lowest BCUT2D eigenvalue weighted by Gasteiger charge is -2.44. The molecule has 5 rings (SSSR count). The van der Waals surface area contributed by atoms with Crippen molar-refractivity contribution in [3.63, 3.8) is 0 Å². The van der Waals surface area contributed by atoms with E-state index in [1.807, 2.05) is 121 Å². The lowest BCUT2D eigenvalue weighted by Crippen LogP contribution is -2.65. The van der Waals surface area contributed by atoms with E-state index in [0.29, 0.717) is 0 Å². The maximum absolute atomic E-state index is 14.5. The molecule has 0 bridgehead atoms. The number of hydrogen-bond acceptors (Lipinski definition) is 9. The third-order valence-corrected chi connectivity index (χ3v) is 9.42. The molecule has 4 amide bonds. The SMILES string of the molecule is CC(C)(C)OC(=O)/N=C1\N(C(=O)OC(C)(C)C)CC[C@@H]([C@@H](/C=C/COC(c2ccccc2)(c2ccccc2)c2ccccc2)NC(=O)OCc2ccccc2)N1C(=O)OC(C)(C)C. The number of hydrogen-bond donors (Lipinski definition) is 1. The Morgan fingerprint density at radius 3 is 1.60 bits per heavy atom. The zero-order chi connectivity index (χ0) is 45.8. The Morgan fingerprint density at radius 2 is 1.13 bits per heavy atom. The summed E-state index contributed by atoms with van der Waals surface area (Å²) in [5.74, 6) is -0.394. The molecular weight excluding hydrogens is 801 g/mol. The minimum absolute atomic E-state index is 0.0258. The maximum atomic E-state index is 14.5. The topological polar surface area (TPSA) is 145 Å². The predicted octanol–water partition coefficient (Wildman–Crippen LogP) is 10.4. The average molecular weight is 861 g/mol. The van der Waals surface area contributed by atoms with Crippen molar-refractivity contribution in [1.82, 2.24) is 15.1 Å². The van der Waals surface area contributed by atoms with Crippen LogP contribution in [0.1, 0.15) is 91.0 Å². The van der Waals surface area contributed by atoms with Gasteiger partial charge < -0.3 is 29.0 Å². The van der Waals surface area contributed by atoms with Crippen LogP contribution >= 0.6 is 0 Å². The van der Waals surface area contributed by atoms with E-state index in [4.69, 9.17) is 23.7 Å². The van der Waals surface area contributed by atoms with E-state index in [-0.39, 0.29) is 26.2 Å². The number of alkyl carbamates (subject to hydrolysis) is 1. The van der Waals surface area contributed by atoms with Gasteiger partial charge in [-0.3, -0.25) is 0 Å². The summed E-state index contributed by atoms with van der Waals surface area (Å²) in [6.07, 6.45) is -0.112. The van der Waals surface area contributed by atoms with Crippen LogP contribution in [0.5, 0.6) is 0 Å². The second kappa shape index (κ2) is 20.6. The van der Waals surface area contributed by atoms with Crippen molar-refractivity contribution in [2.24, 2.45) is 4.99 Å². The van der Waals surface area contributed by atoms with Crippen LogP contribution in [-0.2, 0) is 35.9 Å². The molecule has 0 saturated carbocycles. The molecule has 0 spiro atoms. The molecular formula is C50H60N4O9. The van der Waals surface area contributed by atoms with Gasteiger partial charge in [-0.05, 0) is 91.0 Å². The van der Waals surface area contributed by atoms with Crippen LogP contribution < -0.4 is 5.32 Å². The Labute approximate surface area is 371 Å². The standard InChI is InChI=1S/C50H60N4O9/c1-47(2,3)61-44(56)52-42-53(45(57)62-48(4,5)6)33-32-41(54(42)46(58)63-49(7,8)9)40(51-43(55)59-35-36-23-14-10-15-24-36)31-22-34-60-50(37-25-16-11-17-26-37,38-27-18-12-19-28-38)39-29-20-13-21-30-39/h10-31,40-41H,32-35H2,1-9H3,(H,51,55)/b31-22+,52-42+/t40-,41+/m1/s1. The number of amides is 4. The molecule has 4 aromatic carbocycles. The van der Waals surface area contributed by atoms with Crippen molar-refractivity contribution in [1.29, 1.82) is 0 Å². The molecule has 0 unspecified atom stereocenters. The third-order valence-electron chi connectivity index (χ3n) is 9.42. The summed E-state index contributed by atoms with van der Waals surface area (Å²) in [5.41, 5.74) is -0.544. The highest BCUT2D eigenvalue weighted by molar-refractivity contribution is 6.06. The lowest BCUT2D eigenvalue weighted by atomic mass is 9.80. The first kappa shape index (κ1) is 47.6. The van der Waals surface area contributed by atoms with Crippen LogP contribution in [0.2, 0.25) is 0 Å². The van der Waals surface area contributed by atoms with E-state index < -0.39 is 64.8 Å². The van der Waals surface area contributed by atoms with Gasteiger partial charge in [-0.1, -0.05) is 133 Å². The fourth-order valence-electron chi connectivity index (χ4n) is 6.93. The minimum Gasteiger partial charge on any atom is -0.445 e. The molecule has 2 atom stereocenters. The largest absolute Gasteiger partial charge is 0.445 e. The number of guanidine groups is 1. The molecule has 1 saturated heterocycles. The Balaban J connectivity index is 1.60. The summed E-state index contributed by atoms with van der Waals surface area (Å²) in [5, 5.41) is 2.93. The highest BCUT2D eigenvalue weighted by Gasteiger charge is 2.46. The highest BCUT2D eigenvalue weighted by atomic mass is 16.6. The van der Waals surface area contributed by atoms with Crippen molar-refractivity contribution < 1.29 is 42.9 Å². The van der Waals surface area contributed by atoms with Gasteiger partial charge in [0.1, 0.15) is 29.0 Å². The monoisotopic (exact) mass is 860 g/mol. The quantitative estimate of drug-likeness (QED) is 0.0885. The molecule has 0 aromatic heterocycles. The van der Waals surface area contributed by atoms with Gasteiger partial charge >= 0.3 is 24.4 Å². The Kier molecular flexibility index (Phi) is 15.6.